The van der Waals surface area contributed by atoms with Crippen LogP contribution in [0.2, 0.25) is 10.0 Å². The Labute approximate surface area is 285 Å². The minimum absolute atomic E-state index is 0.0489. The van der Waals surface area contributed by atoms with Crippen molar-refractivity contribution < 1.29 is 23.9 Å². The highest BCUT2D eigenvalue weighted by Crippen LogP contribution is 2.39. The van der Waals surface area contributed by atoms with E-state index in [0.29, 0.717) is 46.4 Å². The molecule has 0 unspecified atom stereocenters. The number of thiazole rings is 1. The summed E-state index contributed by atoms with van der Waals surface area (Å²) in [5.41, 5.74) is 1.52. The fraction of sp³-hybridized carbons (Fsp3) is 0.394. The number of fused-ring (bicyclic) bond motifs is 1. The maximum absolute atomic E-state index is 13.9. The summed E-state index contributed by atoms with van der Waals surface area (Å²) in [6, 6.07) is 11.0. The Morgan fingerprint density at radius 2 is 1.91 bits per heavy atom. The highest BCUT2D eigenvalue weighted by atomic mass is 35.5. The number of rotatable bonds is 11. The van der Waals surface area contributed by atoms with Crippen LogP contribution < -0.4 is 5.32 Å². The van der Waals surface area contributed by atoms with E-state index in [1.807, 2.05) is 41.5 Å². The number of thiophene rings is 1. The predicted molar refractivity (Wildman–Crippen MR) is 182 cm³/mol. The van der Waals surface area contributed by atoms with Crippen LogP contribution in [0.3, 0.4) is 0 Å². The van der Waals surface area contributed by atoms with Gasteiger partial charge in [0.05, 0.1) is 48.4 Å². The van der Waals surface area contributed by atoms with E-state index in [2.05, 4.69) is 15.2 Å². The first-order valence-electron chi connectivity index (χ1n) is 15.2. The molecule has 2 atom stereocenters. The smallest absolute Gasteiger partial charge is 0.305 e. The molecule has 2 aliphatic heterocycles. The van der Waals surface area contributed by atoms with Crippen LogP contribution in [0, 0.1) is 0 Å². The molecule has 0 aliphatic carbocycles. The number of hydrogen-bond acceptors (Lipinski definition) is 9. The van der Waals surface area contributed by atoms with E-state index in [4.69, 9.17) is 32.7 Å². The van der Waals surface area contributed by atoms with Crippen LogP contribution in [0.1, 0.15) is 51.6 Å². The Hall–Kier alpha value is -3.06. The van der Waals surface area contributed by atoms with E-state index in [-0.39, 0.29) is 48.8 Å². The van der Waals surface area contributed by atoms with Crippen molar-refractivity contribution in [2.75, 3.05) is 38.7 Å². The number of amides is 2. The molecule has 0 bridgehead atoms. The predicted octanol–water partition coefficient (Wildman–Crippen LogP) is 6.63. The standard InChI is InChI=1S/C33H34Cl2N4O5S2/c1-3-44-21-16-38(17-21)20-12-28(33-36-14-22(46-33)8-9-31(41)43-2)39(15-20)30(40)11-19-10-26(35)27(13-25(19)34)37-32(42)24-18-45-29-7-5-4-6-23(24)29/h4-7,10,13-14,18,20-21,28H,3,8-9,11-12,15-17H2,1-2H3,(H,37,42)/t20-,28-/m0/s1. The SMILES string of the molecule is CCOC1CN([C@H]2C[C@@H](c3ncc(CCC(=O)OC)s3)N(C(=O)Cc3cc(Cl)c(NC(=O)c4csc5ccccc45)cc3Cl)C2)C1. The molecule has 4 heterocycles. The maximum atomic E-state index is 13.9. The zero-order valence-corrected chi connectivity index (χ0v) is 28.6. The summed E-state index contributed by atoms with van der Waals surface area (Å²) in [4.78, 5) is 48.6. The Balaban J connectivity index is 1.17. The van der Waals surface area contributed by atoms with Crippen LogP contribution >= 0.6 is 45.9 Å². The maximum Gasteiger partial charge on any atom is 0.305 e. The van der Waals surface area contributed by atoms with Crippen molar-refractivity contribution in [3.8, 4) is 0 Å². The molecule has 46 heavy (non-hydrogen) atoms. The number of carbonyl (C=O) groups excluding carboxylic acids is 3. The van der Waals surface area contributed by atoms with Crippen molar-refractivity contribution in [3.63, 3.8) is 0 Å². The van der Waals surface area contributed by atoms with Crippen molar-refractivity contribution >= 4 is 79.4 Å². The molecule has 2 aromatic heterocycles. The number of methoxy groups -OCH3 is 1. The van der Waals surface area contributed by atoms with Crippen LogP contribution in [0.5, 0.6) is 0 Å². The average Bonchev–Trinajstić information content (AvgIpc) is 3.78. The summed E-state index contributed by atoms with van der Waals surface area (Å²) >= 11 is 16.4. The fourth-order valence-corrected chi connectivity index (χ4v) is 8.49. The topological polar surface area (TPSA) is 101 Å². The third-order valence-corrected chi connectivity index (χ3v) is 11.3. The molecule has 242 valence electrons. The molecular weight excluding hydrogens is 667 g/mol. The lowest BCUT2D eigenvalue weighted by Crippen LogP contribution is -2.57. The first kappa shape index (κ1) is 32.9. The third-order valence-electron chi connectivity index (χ3n) is 8.51. The number of likely N-dealkylation sites (tertiary alicyclic amines) is 2. The number of carbonyl (C=O) groups is 3. The molecule has 6 rings (SSSR count). The number of ether oxygens (including phenoxy) is 2. The molecule has 0 saturated carbocycles. The van der Waals surface area contributed by atoms with Crippen molar-refractivity contribution in [2.24, 2.45) is 0 Å². The van der Waals surface area contributed by atoms with Gasteiger partial charge in [-0.15, -0.1) is 22.7 Å². The van der Waals surface area contributed by atoms with Gasteiger partial charge in [-0.1, -0.05) is 41.4 Å². The first-order chi connectivity index (χ1) is 22.2. The third kappa shape index (κ3) is 7.10. The van der Waals surface area contributed by atoms with Gasteiger partial charge in [0, 0.05) is 63.8 Å². The Morgan fingerprint density at radius 1 is 1.11 bits per heavy atom. The molecule has 2 amide bonds. The van der Waals surface area contributed by atoms with Crippen molar-refractivity contribution in [1.29, 1.82) is 0 Å². The number of nitrogens with zero attached hydrogens (tertiary/aromatic N) is 3. The molecule has 9 nitrogen and oxygen atoms in total. The second-order valence-corrected chi connectivity index (χ2v) is 14.3. The highest BCUT2D eigenvalue weighted by molar-refractivity contribution is 7.17. The number of anilines is 1. The summed E-state index contributed by atoms with van der Waals surface area (Å²) in [6.45, 7) is 4.92. The normalized spacial score (nSPS) is 18.6. The Morgan fingerprint density at radius 3 is 2.70 bits per heavy atom. The zero-order chi connectivity index (χ0) is 32.4. The number of aromatic nitrogens is 1. The Bertz CT molecular complexity index is 1750. The summed E-state index contributed by atoms with van der Waals surface area (Å²) in [6.07, 6.45) is 3.63. The largest absolute Gasteiger partial charge is 0.469 e. The van der Waals surface area contributed by atoms with E-state index in [1.165, 1.54) is 29.8 Å². The van der Waals surface area contributed by atoms with Gasteiger partial charge in [-0.05, 0) is 43.5 Å². The van der Waals surface area contributed by atoms with Crippen LogP contribution in [-0.2, 0) is 31.9 Å². The van der Waals surface area contributed by atoms with E-state index in [9.17, 15) is 14.4 Å². The minimum atomic E-state index is -0.280. The summed E-state index contributed by atoms with van der Waals surface area (Å²) in [5, 5.41) is 7.07. The molecule has 2 aromatic carbocycles. The number of aryl methyl sites for hydroxylation is 1. The number of hydrogen-bond donors (Lipinski definition) is 1. The van der Waals surface area contributed by atoms with Crippen LogP contribution in [0.15, 0.2) is 48.0 Å². The molecule has 0 radical (unpaired) electrons. The number of esters is 1. The van der Waals surface area contributed by atoms with E-state index >= 15 is 0 Å². The van der Waals surface area contributed by atoms with Crippen LogP contribution in [-0.4, -0.2) is 78.1 Å². The molecule has 2 fully saturated rings. The number of halogens is 2. The summed E-state index contributed by atoms with van der Waals surface area (Å²) in [5.74, 6) is -0.632. The quantitative estimate of drug-likeness (QED) is 0.175. The Kier molecular flexibility index (Phi) is 10.3. The van der Waals surface area contributed by atoms with Gasteiger partial charge in [0.25, 0.3) is 5.91 Å². The second kappa shape index (κ2) is 14.4. The van der Waals surface area contributed by atoms with E-state index in [0.717, 1.165) is 39.5 Å². The van der Waals surface area contributed by atoms with Crippen LogP contribution in [0.25, 0.3) is 10.1 Å². The number of nitrogens with one attached hydrogen (secondary N) is 1. The molecule has 4 aromatic rings. The van der Waals surface area contributed by atoms with Gasteiger partial charge in [-0.2, -0.15) is 0 Å². The lowest BCUT2D eigenvalue weighted by molar-refractivity contribution is -0.140. The summed E-state index contributed by atoms with van der Waals surface area (Å²) in [7, 11) is 1.38. The van der Waals surface area contributed by atoms with Gasteiger partial charge in [0.2, 0.25) is 5.91 Å². The van der Waals surface area contributed by atoms with Crippen molar-refractivity contribution in [2.45, 2.75) is 50.8 Å². The van der Waals surface area contributed by atoms with Gasteiger partial charge < -0.3 is 19.7 Å². The van der Waals surface area contributed by atoms with Crippen molar-refractivity contribution in [1.82, 2.24) is 14.8 Å². The summed E-state index contributed by atoms with van der Waals surface area (Å²) < 4.78 is 11.6. The first-order valence-corrected chi connectivity index (χ1v) is 17.6. The lowest BCUT2D eigenvalue weighted by atomic mass is 10.1. The molecule has 0 spiro atoms. The monoisotopic (exact) mass is 700 g/mol. The molecule has 1 N–H and O–H groups in total. The number of benzene rings is 2. The molecule has 13 heteroatoms. The van der Waals surface area contributed by atoms with Gasteiger partial charge in [-0.25, -0.2) is 4.98 Å². The van der Waals surface area contributed by atoms with Gasteiger partial charge in [-0.3, -0.25) is 19.3 Å². The average molecular weight is 702 g/mol. The van der Waals surface area contributed by atoms with Crippen molar-refractivity contribution in [3.05, 3.63) is 79.0 Å². The molecule has 2 saturated heterocycles. The van der Waals surface area contributed by atoms with Gasteiger partial charge >= 0.3 is 5.97 Å². The van der Waals surface area contributed by atoms with Crippen LogP contribution in [0.4, 0.5) is 5.69 Å². The molecule has 2 aliphatic rings. The highest BCUT2D eigenvalue weighted by Gasteiger charge is 2.43. The van der Waals surface area contributed by atoms with Gasteiger partial charge in [0.1, 0.15) is 5.01 Å². The zero-order valence-electron chi connectivity index (χ0n) is 25.5. The van der Waals surface area contributed by atoms with E-state index in [1.54, 1.807) is 18.3 Å². The minimum Gasteiger partial charge on any atom is -0.469 e. The molecular formula is C33H34Cl2N4O5S2. The van der Waals surface area contributed by atoms with E-state index < -0.39 is 0 Å². The second-order valence-electron chi connectivity index (χ2n) is 11.4. The van der Waals surface area contributed by atoms with Gasteiger partial charge in [0.15, 0.2) is 0 Å². The lowest BCUT2D eigenvalue weighted by Gasteiger charge is -2.42. The fourth-order valence-electron chi connectivity index (χ4n) is 6.04.